The van der Waals surface area contributed by atoms with Crippen molar-refractivity contribution in [1.29, 1.82) is 0 Å². The number of nitrogens with one attached hydrogen (secondary N) is 1. The Labute approximate surface area is 130 Å². The Balaban J connectivity index is 1.59. The Bertz CT molecular complexity index is 324. The lowest BCUT2D eigenvalue weighted by Gasteiger charge is -2.35. The van der Waals surface area contributed by atoms with E-state index in [0.717, 1.165) is 57.3 Å². The standard InChI is InChI=1S/C17H33N3O/c1-14-10-15(2)12-20(11-14)9-5-7-18-17(21)16-6-4-8-19(3)13-16/h14-16H,4-13H2,1-3H3,(H,18,21)/t14-,15+,16-/m1/s1. The molecule has 21 heavy (non-hydrogen) atoms. The summed E-state index contributed by atoms with van der Waals surface area (Å²) in [6, 6.07) is 0. The summed E-state index contributed by atoms with van der Waals surface area (Å²) in [6.07, 6.45) is 4.64. The third kappa shape index (κ3) is 5.59. The first-order valence-electron chi connectivity index (χ1n) is 8.73. The summed E-state index contributed by atoms with van der Waals surface area (Å²) in [6.45, 7) is 11.2. The predicted molar refractivity (Wildman–Crippen MR) is 87.2 cm³/mol. The van der Waals surface area contributed by atoms with Crippen molar-refractivity contribution in [3.63, 3.8) is 0 Å². The van der Waals surface area contributed by atoms with Gasteiger partial charge >= 0.3 is 0 Å². The normalized spacial score (nSPS) is 32.0. The smallest absolute Gasteiger partial charge is 0.224 e. The molecule has 0 radical (unpaired) electrons. The Kier molecular flexibility index (Phi) is 6.49. The van der Waals surface area contributed by atoms with Crippen LogP contribution in [0.3, 0.4) is 0 Å². The van der Waals surface area contributed by atoms with E-state index in [1.54, 1.807) is 0 Å². The van der Waals surface area contributed by atoms with E-state index in [1.807, 2.05) is 0 Å². The van der Waals surface area contributed by atoms with Gasteiger partial charge in [-0.25, -0.2) is 0 Å². The Morgan fingerprint density at radius 1 is 1.19 bits per heavy atom. The van der Waals surface area contributed by atoms with Crippen LogP contribution in [0.25, 0.3) is 0 Å². The van der Waals surface area contributed by atoms with Crippen LogP contribution in [0, 0.1) is 17.8 Å². The van der Waals surface area contributed by atoms with Crippen molar-refractivity contribution < 1.29 is 4.79 Å². The highest BCUT2D eigenvalue weighted by atomic mass is 16.1. The second-order valence-corrected chi connectivity index (χ2v) is 7.45. The summed E-state index contributed by atoms with van der Waals surface area (Å²) in [4.78, 5) is 17.0. The van der Waals surface area contributed by atoms with Gasteiger partial charge in [-0.2, -0.15) is 0 Å². The molecule has 2 aliphatic heterocycles. The summed E-state index contributed by atoms with van der Waals surface area (Å²) in [7, 11) is 2.11. The van der Waals surface area contributed by atoms with Gasteiger partial charge in [0.1, 0.15) is 0 Å². The van der Waals surface area contributed by atoms with Gasteiger partial charge in [-0.15, -0.1) is 0 Å². The van der Waals surface area contributed by atoms with Gasteiger partial charge in [0, 0.05) is 26.2 Å². The second-order valence-electron chi connectivity index (χ2n) is 7.45. The van der Waals surface area contributed by atoms with Crippen molar-refractivity contribution in [1.82, 2.24) is 15.1 Å². The van der Waals surface area contributed by atoms with E-state index < -0.39 is 0 Å². The van der Waals surface area contributed by atoms with Gasteiger partial charge in [0.2, 0.25) is 5.91 Å². The minimum absolute atomic E-state index is 0.207. The Morgan fingerprint density at radius 3 is 2.57 bits per heavy atom. The minimum Gasteiger partial charge on any atom is -0.356 e. The molecule has 1 N–H and O–H groups in total. The average Bonchev–Trinajstić information content (AvgIpc) is 2.42. The lowest BCUT2D eigenvalue weighted by Crippen LogP contribution is -2.43. The van der Waals surface area contributed by atoms with Gasteiger partial charge in [-0.3, -0.25) is 4.79 Å². The van der Waals surface area contributed by atoms with Crippen LogP contribution in [0.15, 0.2) is 0 Å². The first kappa shape index (κ1) is 16.8. The number of hydrogen-bond acceptors (Lipinski definition) is 3. The van der Waals surface area contributed by atoms with Gasteiger partial charge in [0.05, 0.1) is 5.92 Å². The molecule has 2 aliphatic rings. The molecule has 0 aromatic carbocycles. The van der Waals surface area contributed by atoms with Gasteiger partial charge in [0.25, 0.3) is 0 Å². The number of amides is 1. The molecule has 0 aromatic rings. The first-order chi connectivity index (χ1) is 10.0. The summed E-state index contributed by atoms with van der Waals surface area (Å²) in [5.41, 5.74) is 0. The molecule has 2 rings (SSSR count). The molecule has 0 aromatic heterocycles. The van der Waals surface area contributed by atoms with E-state index in [2.05, 4.69) is 36.0 Å². The number of hydrogen-bond donors (Lipinski definition) is 1. The van der Waals surface area contributed by atoms with Crippen molar-refractivity contribution in [2.75, 3.05) is 46.3 Å². The molecule has 4 heteroatoms. The van der Waals surface area contributed by atoms with Gasteiger partial charge < -0.3 is 15.1 Å². The topological polar surface area (TPSA) is 35.6 Å². The molecule has 122 valence electrons. The molecule has 1 amide bonds. The van der Waals surface area contributed by atoms with Gasteiger partial charge in [-0.1, -0.05) is 13.8 Å². The molecule has 4 nitrogen and oxygen atoms in total. The van der Waals surface area contributed by atoms with Gasteiger partial charge in [0.15, 0.2) is 0 Å². The Morgan fingerprint density at radius 2 is 1.90 bits per heavy atom. The SMILES string of the molecule is C[C@@H]1C[C@H](C)CN(CCCNC(=O)[C@@H]2CCCN(C)C2)C1. The van der Waals surface area contributed by atoms with E-state index in [9.17, 15) is 4.79 Å². The zero-order valence-corrected chi connectivity index (χ0v) is 14.1. The van der Waals surface area contributed by atoms with Crippen molar-refractivity contribution in [3.05, 3.63) is 0 Å². The molecule has 0 bridgehead atoms. The summed E-state index contributed by atoms with van der Waals surface area (Å²) in [5, 5.41) is 3.14. The monoisotopic (exact) mass is 295 g/mol. The van der Waals surface area contributed by atoms with Crippen molar-refractivity contribution in [2.45, 2.75) is 39.5 Å². The quantitative estimate of drug-likeness (QED) is 0.786. The predicted octanol–water partition coefficient (Wildman–Crippen LogP) is 1.81. The first-order valence-corrected chi connectivity index (χ1v) is 8.73. The third-order valence-corrected chi connectivity index (χ3v) is 4.89. The van der Waals surface area contributed by atoms with Crippen LogP contribution < -0.4 is 5.32 Å². The molecule has 0 saturated carbocycles. The molecule has 0 unspecified atom stereocenters. The number of carbonyl (C=O) groups excluding carboxylic acids is 1. The lowest BCUT2D eigenvalue weighted by atomic mass is 9.92. The van der Waals surface area contributed by atoms with Crippen LogP contribution in [0.1, 0.15) is 39.5 Å². The maximum absolute atomic E-state index is 12.1. The zero-order chi connectivity index (χ0) is 15.2. The number of carbonyl (C=O) groups is 1. The van der Waals surface area contributed by atoms with Gasteiger partial charge in [-0.05, 0) is 57.7 Å². The highest BCUT2D eigenvalue weighted by molar-refractivity contribution is 5.78. The highest BCUT2D eigenvalue weighted by Gasteiger charge is 2.24. The molecule has 0 spiro atoms. The number of piperidine rings is 2. The molecular weight excluding hydrogens is 262 g/mol. The van der Waals surface area contributed by atoms with E-state index in [4.69, 9.17) is 0 Å². The zero-order valence-electron chi connectivity index (χ0n) is 14.1. The molecular formula is C17H33N3O. The minimum atomic E-state index is 0.207. The van der Waals surface area contributed by atoms with Crippen LogP contribution in [0.2, 0.25) is 0 Å². The highest BCUT2D eigenvalue weighted by Crippen LogP contribution is 2.20. The average molecular weight is 295 g/mol. The van der Waals surface area contributed by atoms with Crippen LogP contribution in [0.5, 0.6) is 0 Å². The van der Waals surface area contributed by atoms with Crippen LogP contribution in [-0.4, -0.2) is 62.0 Å². The fraction of sp³-hybridized carbons (Fsp3) is 0.941. The van der Waals surface area contributed by atoms with E-state index in [1.165, 1.54) is 19.5 Å². The molecule has 2 fully saturated rings. The van der Waals surface area contributed by atoms with E-state index in [-0.39, 0.29) is 11.8 Å². The van der Waals surface area contributed by atoms with E-state index in [0.29, 0.717) is 0 Å². The molecule has 3 atom stereocenters. The maximum Gasteiger partial charge on any atom is 0.224 e. The van der Waals surface area contributed by atoms with Crippen molar-refractivity contribution in [2.24, 2.45) is 17.8 Å². The summed E-state index contributed by atoms with van der Waals surface area (Å²) in [5.74, 6) is 2.11. The fourth-order valence-electron chi connectivity index (χ4n) is 4.01. The van der Waals surface area contributed by atoms with Crippen LogP contribution in [0.4, 0.5) is 0 Å². The molecule has 0 aliphatic carbocycles. The Hall–Kier alpha value is -0.610. The number of nitrogens with zero attached hydrogens (tertiary/aromatic N) is 2. The molecule has 2 saturated heterocycles. The van der Waals surface area contributed by atoms with Crippen molar-refractivity contribution >= 4 is 5.91 Å². The van der Waals surface area contributed by atoms with E-state index >= 15 is 0 Å². The largest absolute Gasteiger partial charge is 0.356 e. The van der Waals surface area contributed by atoms with Crippen molar-refractivity contribution in [3.8, 4) is 0 Å². The van der Waals surface area contributed by atoms with Crippen LogP contribution in [-0.2, 0) is 4.79 Å². The summed E-state index contributed by atoms with van der Waals surface area (Å²) >= 11 is 0. The summed E-state index contributed by atoms with van der Waals surface area (Å²) < 4.78 is 0. The second kappa shape index (κ2) is 8.14. The molecule has 2 heterocycles. The number of likely N-dealkylation sites (tertiary alicyclic amines) is 2. The maximum atomic E-state index is 12.1. The lowest BCUT2D eigenvalue weighted by molar-refractivity contribution is -0.126. The van der Waals surface area contributed by atoms with Crippen LogP contribution >= 0.6 is 0 Å². The third-order valence-electron chi connectivity index (χ3n) is 4.89. The number of rotatable bonds is 5. The fourth-order valence-corrected chi connectivity index (χ4v) is 4.01.